The lowest BCUT2D eigenvalue weighted by Gasteiger charge is -2.22. The van der Waals surface area contributed by atoms with Gasteiger partial charge in [-0.2, -0.15) is 0 Å². The molecule has 1 aliphatic rings. The van der Waals surface area contributed by atoms with E-state index in [9.17, 15) is 19.3 Å². The number of benzene rings is 2. The topological polar surface area (TPSA) is 75.9 Å². The van der Waals surface area contributed by atoms with E-state index < -0.39 is 4.92 Å². The van der Waals surface area contributed by atoms with Crippen molar-refractivity contribution in [3.05, 3.63) is 69.5 Å². The van der Waals surface area contributed by atoms with E-state index >= 15 is 0 Å². The zero-order chi connectivity index (χ0) is 20.1. The van der Waals surface area contributed by atoms with Crippen LogP contribution in [0.2, 0.25) is 0 Å². The quantitative estimate of drug-likeness (QED) is 0.582. The molecule has 0 unspecified atom stereocenters. The summed E-state index contributed by atoms with van der Waals surface area (Å²) in [6, 6.07) is 10.7. The Morgan fingerprint density at radius 1 is 1.14 bits per heavy atom. The van der Waals surface area contributed by atoms with Crippen molar-refractivity contribution in [3.63, 3.8) is 0 Å². The summed E-state index contributed by atoms with van der Waals surface area (Å²) in [5.41, 5.74) is 1.08. The molecule has 0 aromatic heterocycles. The van der Waals surface area contributed by atoms with Gasteiger partial charge in [0.2, 0.25) is 0 Å². The van der Waals surface area contributed by atoms with Crippen LogP contribution in [0.1, 0.15) is 22.3 Å². The first-order valence-electron chi connectivity index (χ1n) is 9.06. The minimum absolute atomic E-state index is 0.128. The van der Waals surface area contributed by atoms with E-state index in [1.54, 1.807) is 23.1 Å². The average Bonchev–Trinajstić information content (AvgIpc) is 2.94. The third kappa shape index (κ3) is 4.64. The SMILES string of the molecule is COc1ccc(C(=O)N2CCCN(Cc3ccc(F)cc3)CC2)cc1[N+](=O)[O-]. The van der Waals surface area contributed by atoms with Gasteiger partial charge in [-0.15, -0.1) is 0 Å². The molecule has 7 nitrogen and oxygen atoms in total. The van der Waals surface area contributed by atoms with Crippen LogP contribution in [-0.4, -0.2) is 53.9 Å². The normalized spacial score (nSPS) is 15.1. The van der Waals surface area contributed by atoms with Crippen molar-refractivity contribution in [1.82, 2.24) is 9.80 Å². The van der Waals surface area contributed by atoms with Gasteiger partial charge in [-0.25, -0.2) is 4.39 Å². The Hall–Kier alpha value is -3.00. The van der Waals surface area contributed by atoms with Crippen molar-refractivity contribution in [2.45, 2.75) is 13.0 Å². The highest BCUT2D eigenvalue weighted by atomic mass is 19.1. The highest BCUT2D eigenvalue weighted by molar-refractivity contribution is 5.95. The van der Waals surface area contributed by atoms with E-state index in [4.69, 9.17) is 4.74 Å². The van der Waals surface area contributed by atoms with Gasteiger partial charge in [-0.05, 0) is 36.2 Å². The molecule has 0 aliphatic carbocycles. The van der Waals surface area contributed by atoms with E-state index in [-0.39, 0.29) is 28.7 Å². The Bertz CT molecular complexity index is 857. The molecule has 1 fully saturated rings. The molecule has 2 aromatic carbocycles. The lowest BCUT2D eigenvalue weighted by atomic mass is 10.1. The highest BCUT2D eigenvalue weighted by Crippen LogP contribution is 2.28. The lowest BCUT2D eigenvalue weighted by molar-refractivity contribution is -0.385. The van der Waals surface area contributed by atoms with Crippen molar-refractivity contribution in [1.29, 1.82) is 0 Å². The second-order valence-electron chi connectivity index (χ2n) is 6.69. The number of hydrogen-bond acceptors (Lipinski definition) is 5. The predicted molar refractivity (Wildman–Crippen MR) is 102 cm³/mol. The minimum atomic E-state index is -0.553. The van der Waals surface area contributed by atoms with Gasteiger partial charge < -0.3 is 9.64 Å². The molecule has 0 N–H and O–H groups in total. The van der Waals surface area contributed by atoms with E-state index in [2.05, 4.69) is 4.90 Å². The number of halogens is 1. The number of nitrogens with zero attached hydrogens (tertiary/aromatic N) is 3. The maximum Gasteiger partial charge on any atom is 0.311 e. The first-order chi connectivity index (χ1) is 13.5. The van der Waals surface area contributed by atoms with Gasteiger partial charge in [-0.1, -0.05) is 12.1 Å². The maximum absolute atomic E-state index is 13.0. The molecule has 148 valence electrons. The number of methoxy groups -OCH3 is 1. The molecule has 2 aromatic rings. The summed E-state index contributed by atoms with van der Waals surface area (Å²) >= 11 is 0. The number of amides is 1. The summed E-state index contributed by atoms with van der Waals surface area (Å²) in [5.74, 6) is -0.359. The predicted octanol–water partition coefficient (Wildman–Crippen LogP) is 3.09. The average molecular weight is 387 g/mol. The minimum Gasteiger partial charge on any atom is -0.490 e. The number of nitro groups is 1. The Labute approximate surface area is 162 Å². The van der Waals surface area contributed by atoms with Crippen LogP contribution in [0.3, 0.4) is 0 Å². The Balaban J connectivity index is 1.66. The molecule has 1 aliphatic heterocycles. The van der Waals surface area contributed by atoms with Crippen molar-refractivity contribution in [2.24, 2.45) is 0 Å². The summed E-state index contributed by atoms with van der Waals surface area (Å²) in [6.45, 7) is 3.31. The third-order valence-corrected chi connectivity index (χ3v) is 4.82. The Morgan fingerprint density at radius 3 is 2.57 bits per heavy atom. The zero-order valence-corrected chi connectivity index (χ0v) is 15.6. The van der Waals surface area contributed by atoms with E-state index in [1.165, 1.54) is 31.4 Å². The van der Waals surface area contributed by atoms with Crippen LogP contribution >= 0.6 is 0 Å². The molecular weight excluding hydrogens is 365 g/mol. The van der Waals surface area contributed by atoms with Crippen LogP contribution in [-0.2, 0) is 6.54 Å². The van der Waals surface area contributed by atoms with E-state index in [1.807, 2.05) is 0 Å². The van der Waals surface area contributed by atoms with Crippen molar-refractivity contribution >= 4 is 11.6 Å². The summed E-state index contributed by atoms with van der Waals surface area (Å²) in [5, 5.41) is 11.2. The zero-order valence-electron chi connectivity index (χ0n) is 15.6. The van der Waals surface area contributed by atoms with Crippen molar-refractivity contribution in [2.75, 3.05) is 33.3 Å². The Morgan fingerprint density at radius 2 is 1.89 bits per heavy atom. The number of nitro benzene ring substituents is 1. The number of ether oxygens (including phenoxy) is 1. The van der Waals surface area contributed by atoms with Crippen molar-refractivity contribution < 1.29 is 18.8 Å². The van der Waals surface area contributed by atoms with Gasteiger partial charge in [0.15, 0.2) is 5.75 Å². The van der Waals surface area contributed by atoms with Crippen LogP contribution in [0.25, 0.3) is 0 Å². The lowest BCUT2D eigenvalue weighted by Crippen LogP contribution is -2.35. The first-order valence-corrected chi connectivity index (χ1v) is 9.06. The molecule has 3 rings (SSSR count). The van der Waals surface area contributed by atoms with Gasteiger partial charge in [0.25, 0.3) is 5.91 Å². The van der Waals surface area contributed by atoms with E-state index in [0.29, 0.717) is 26.2 Å². The van der Waals surface area contributed by atoms with Gasteiger partial charge in [0, 0.05) is 44.4 Å². The molecule has 28 heavy (non-hydrogen) atoms. The Kier molecular flexibility index (Phi) is 6.20. The van der Waals surface area contributed by atoms with Crippen LogP contribution in [0.4, 0.5) is 10.1 Å². The molecule has 0 radical (unpaired) electrons. The molecule has 0 saturated carbocycles. The number of carbonyl (C=O) groups excluding carboxylic acids is 1. The summed E-state index contributed by atoms with van der Waals surface area (Å²) in [7, 11) is 1.36. The third-order valence-electron chi connectivity index (χ3n) is 4.82. The maximum atomic E-state index is 13.0. The molecule has 0 spiro atoms. The van der Waals surface area contributed by atoms with Gasteiger partial charge >= 0.3 is 5.69 Å². The fourth-order valence-electron chi connectivity index (χ4n) is 3.33. The van der Waals surface area contributed by atoms with Crippen LogP contribution in [0, 0.1) is 15.9 Å². The molecule has 1 heterocycles. The van der Waals surface area contributed by atoms with Gasteiger partial charge in [0.05, 0.1) is 12.0 Å². The molecule has 8 heteroatoms. The smallest absolute Gasteiger partial charge is 0.311 e. The highest BCUT2D eigenvalue weighted by Gasteiger charge is 2.23. The molecule has 0 bridgehead atoms. The molecule has 0 atom stereocenters. The largest absolute Gasteiger partial charge is 0.490 e. The summed E-state index contributed by atoms with van der Waals surface area (Å²) in [6.07, 6.45) is 0.797. The summed E-state index contributed by atoms with van der Waals surface area (Å²) in [4.78, 5) is 27.4. The second-order valence-corrected chi connectivity index (χ2v) is 6.69. The standard InChI is InChI=1S/C20H22FN3O4/c1-28-19-8-5-16(13-18(19)24(26)27)20(25)23-10-2-9-22(11-12-23)14-15-3-6-17(21)7-4-15/h3-8,13H,2,9-12,14H2,1H3. The monoisotopic (exact) mass is 387 g/mol. The fourth-order valence-corrected chi connectivity index (χ4v) is 3.33. The number of rotatable bonds is 5. The number of carbonyl (C=O) groups is 1. The van der Waals surface area contributed by atoms with Crippen molar-refractivity contribution in [3.8, 4) is 5.75 Å². The fraction of sp³-hybridized carbons (Fsp3) is 0.350. The van der Waals surface area contributed by atoms with Gasteiger partial charge in [-0.3, -0.25) is 19.8 Å². The van der Waals surface area contributed by atoms with Crippen LogP contribution in [0.5, 0.6) is 5.75 Å². The molecular formula is C20H22FN3O4. The second kappa shape index (κ2) is 8.79. The van der Waals surface area contributed by atoms with Gasteiger partial charge in [0.1, 0.15) is 5.82 Å². The van der Waals surface area contributed by atoms with Crippen LogP contribution in [0.15, 0.2) is 42.5 Å². The molecule has 1 saturated heterocycles. The van der Waals surface area contributed by atoms with Crippen LogP contribution < -0.4 is 4.74 Å². The summed E-state index contributed by atoms with van der Waals surface area (Å²) < 4.78 is 18.0. The number of hydrogen-bond donors (Lipinski definition) is 0. The molecule has 1 amide bonds. The first kappa shape index (κ1) is 19.8. The van der Waals surface area contributed by atoms with E-state index in [0.717, 1.165) is 18.5 Å².